The molecular weight excluding hydrogens is 296 g/mol. The van der Waals surface area contributed by atoms with Crippen LogP contribution in [0.2, 0.25) is 0 Å². The Labute approximate surface area is 142 Å². The molecule has 0 amide bonds. The third-order valence-electron chi connectivity index (χ3n) is 4.50. The second-order valence-electron chi connectivity index (χ2n) is 6.20. The number of aromatic nitrogens is 2. The van der Waals surface area contributed by atoms with Crippen LogP contribution in [0.25, 0.3) is 11.3 Å². The Hall–Kier alpha value is -2.75. The predicted octanol–water partition coefficient (Wildman–Crippen LogP) is 4.81. The number of benzene rings is 2. The Morgan fingerprint density at radius 3 is 2.21 bits per heavy atom. The zero-order valence-electron chi connectivity index (χ0n) is 13.7. The SMILES string of the molecule is c1ccc(Nc2[nH]nc(-c3ccccc3)c2N2CCCCC2)cc1. The molecule has 0 saturated carbocycles. The van der Waals surface area contributed by atoms with Gasteiger partial charge < -0.3 is 10.2 Å². The van der Waals surface area contributed by atoms with Crippen molar-refractivity contribution in [1.82, 2.24) is 10.2 Å². The summed E-state index contributed by atoms with van der Waals surface area (Å²) in [7, 11) is 0. The van der Waals surface area contributed by atoms with Crippen LogP contribution in [0.4, 0.5) is 17.2 Å². The number of para-hydroxylation sites is 1. The van der Waals surface area contributed by atoms with Crippen LogP contribution in [0, 0.1) is 0 Å². The number of nitrogens with one attached hydrogen (secondary N) is 2. The topological polar surface area (TPSA) is 44.0 Å². The zero-order chi connectivity index (χ0) is 16.2. The molecule has 2 N–H and O–H groups in total. The molecule has 0 spiro atoms. The lowest BCUT2D eigenvalue weighted by atomic mass is 10.1. The maximum atomic E-state index is 4.63. The lowest BCUT2D eigenvalue weighted by Gasteiger charge is -2.29. The van der Waals surface area contributed by atoms with Crippen molar-refractivity contribution in [2.45, 2.75) is 19.3 Å². The molecule has 4 heteroatoms. The van der Waals surface area contributed by atoms with Crippen molar-refractivity contribution in [2.75, 3.05) is 23.3 Å². The van der Waals surface area contributed by atoms with Crippen LogP contribution >= 0.6 is 0 Å². The average molecular weight is 318 g/mol. The van der Waals surface area contributed by atoms with E-state index in [0.717, 1.165) is 35.9 Å². The van der Waals surface area contributed by atoms with Gasteiger partial charge in [0.05, 0.1) is 0 Å². The smallest absolute Gasteiger partial charge is 0.150 e. The maximum absolute atomic E-state index is 4.63. The highest BCUT2D eigenvalue weighted by molar-refractivity contribution is 5.85. The van der Waals surface area contributed by atoms with Gasteiger partial charge in [-0.15, -0.1) is 0 Å². The molecule has 24 heavy (non-hydrogen) atoms. The van der Waals surface area contributed by atoms with E-state index < -0.39 is 0 Å². The molecule has 0 aliphatic carbocycles. The minimum atomic E-state index is 0.974. The van der Waals surface area contributed by atoms with Gasteiger partial charge in [-0.25, -0.2) is 0 Å². The van der Waals surface area contributed by atoms with Crippen molar-refractivity contribution in [3.8, 4) is 11.3 Å². The first-order valence-electron chi connectivity index (χ1n) is 8.62. The summed E-state index contributed by atoms with van der Waals surface area (Å²) in [6.45, 7) is 2.17. The molecule has 1 saturated heterocycles. The van der Waals surface area contributed by atoms with Gasteiger partial charge in [0.15, 0.2) is 5.82 Å². The molecule has 0 bridgehead atoms. The highest BCUT2D eigenvalue weighted by Gasteiger charge is 2.22. The molecule has 2 aromatic carbocycles. The first kappa shape index (κ1) is 14.8. The summed E-state index contributed by atoms with van der Waals surface area (Å²) in [5, 5.41) is 11.3. The third kappa shape index (κ3) is 3.00. The number of piperidine rings is 1. The minimum absolute atomic E-state index is 0.974. The van der Waals surface area contributed by atoms with E-state index in [-0.39, 0.29) is 0 Å². The van der Waals surface area contributed by atoms with Gasteiger partial charge in [0, 0.05) is 24.3 Å². The zero-order valence-corrected chi connectivity index (χ0v) is 13.7. The van der Waals surface area contributed by atoms with E-state index in [0.29, 0.717) is 0 Å². The van der Waals surface area contributed by atoms with Crippen LogP contribution in [0.3, 0.4) is 0 Å². The van der Waals surface area contributed by atoms with Crippen molar-refractivity contribution in [1.29, 1.82) is 0 Å². The van der Waals surface area contributed by atoms with E-state index >= 15 is 0 Å². The van der Waals surface area contributed by atoms with Crippen LogP contribution in [-0.2, 0) is 0 Å². The Bertz CT molecular complexity index is 774. The Kier molecular flexibility index (Phi) is 4.19. The predicted molar refractivity (Wildman–Crippen MR) is 99.8 cm³/mol. The average Bonchev–Trinajstić information content (AvgIpc) is 3.07. The van der Waals surface area contributed by atoms with Gasteiger partial charge in [-0.2, -0.15) is 5.10 Å². The lowest BCUT2D eigenvalue weighted by molar-refractivity contribution is 0.578. The van der Waals surface area contributed by atoms with Gasteiger partial charge in [0.2, 0.25) is 0 Å². The molecular formula is C20H22N4. The summed E-state index contributed by atoms with van der Waals surface area (Å²) in [6.07, 6.45) is 3.80. The Morgan fingerprint density at radius 1 is 0.833 bits per heavy atom. The maximum Gasteiger partial charge on any atom is 0.150 e. The fraction of sp³-hybridized carbons (Fsp3) is 0.250. The number of anilines is 3. The van der Waals surface area contributed by atoms with E-state index in [2.05, 4.69) is 56.8 Å². The van der Waals surface area contributed by atoms with Crippen molar-refractivity contribution >= 4 is 17.2 Å². The van der Waals surface area contributed by atoms with E-state index in [1.807, 2.05) is 24.3 Å². The third-order valence-corrected chi connectivity index (χ3v) is 4.50. The highest BCUT2D eigenvalue weighted by atomic mass is 15.3. The molecule has 1 aliphatic heterocycles. The molecule has 3 aromatic rings. The van der Waals surface area contributed by atoms with Crippen LogP contribution in [0.5, 0.6) is 0 Å². The second kappa shape index (κ2) is 6.79. The molecule has 122 valence electrons. The van der Waals surface area contributed by atoms with Crippen LogP contribution < -0.4 is 10.2 Å². The molecule has 1 aromatic heterocycles. The Balaban J connectivity index is 1.74. The molecule has 2 heterocycles. The highest BCUT2D eigenvalue weighted by Crippen LogP contribution is 2.37. The summed E-state index contributed by atoms with van der Waals surface area (Å²) in [4.78, 5) is 2.46. The summed E-state index contributed by atoms with van der Waals surface area (Å²) in [5.41, 5.74) is 4.43. The standard InChI is InChI=1S/C20H22N4/c1-4-10-16(11-5-1)18-19(24-14-8-3-9-15-24)20(23-22-18)21-17-12-6-2-7-13-17/h1-2,4-7,10-13H,3,8-9,14-15H2,(H2,21,22,23). The lowest BCUT2D eigenvalue weighted by Crippen LogP contribution is -2.30. The van der Waals surface area contributed by atoms with Crippen molar-refractivity contribution in [2.24, 2.45) is 0 Å². The normalized spacial score (nSPS) is 14.6. The number of nitrogens with zero attached hydrogens (tertiary/aromatic N) is 2. The van der Waals surface area contributed by atoms with E-state index in [4.69, 9.17) is 0 Å². The molecule has 1 fully saturated rings. The molecule has 4 nitrogen and oxygen atoms in total. The summed E-state index contributed by atoms with van der Waals surface area (Å²) in [5.74, 6) is 0.974. The number of hydrogen-bond acceptors (Lipinski definition) is 3. The fourth-order valence-electron chi connectivity index (χ4n) is 3.31. The van der Waals surface area contributed by atoms with Crippen molar-refractivity contribution in [3.05, 3.63) is 60.7 Å². The first-order valence-corrected chi connectivity index (χ1v) is 8.62. The summed E-state index contributed by atoms with van der Waals surface area (Å²) in [6, 6.07) is 20.7. The van der Waals surface area contributed by atoms with Crippen molar-refractivity contribution < 1.29 is 0 Å². The monoisotopic (exact) mass is 318 g/mol. The van der Waals surface area contributed by atoms with Gasteiger partial charge in [0.25, 0.3) is 0 Å². The number of aromatic amines is 1. The summed E-state index contributed by atoms with van der Waals surface area (Å²) < 4.78 is 0. The fourth-order valence-corrected chi connectivity index (χ4v) is 3.31. The second-order valence-corrected chi connectivity index (χ2v) is 6.20. The van der Waals surface area contributed by atoms with Crippen LogP contribution in [0.1, 0.15) is 19.3 Å². The van der Waals surface area contributed by atoms with Gasteiger partial charge in [-0.3, -0.25) is 5.10 Å². The van der Waals surface area contributed by atoms with E-state index in [9.17, 15) is 0 Å². The molecule has 1 aliphatic rings. The van der Waals surface area contributed by atoms with Crippen molar-refractivity contribution in [3.63, 3.8) is 0 Å². The van der Waals surface area contributed by atoms with Gasteiger partial charge in [-0.05, 0) is 31.4 Å². The quantitative estimate of drug-likeness (QED) is 0.725. The van der Waals surface area contributed by atoms with E-state index in [1.54, 1.807) is 0 Å². The molecule has 0 radical (unpaired) electrons. The molecule has 0 atom stereocenters. The van der Waals surface area contributed by atoms with Gasteiger partial charge in [-0.1, -0.05) is 48.5 Å². The number of hydrogen-bond donors (Lipinski definition) is 2. The Morgan fingerprint density at radius 2 is 1.50 bits per heavy atom. The van der Waals surface area contributed by atoms with Crippen LogP contribution in [0.15, 0.2) is 60.7 Å². The largest absolute Gasteiger partial charge is 0.367 e. The summed E-state index contributed by atoms with van der Waals surface area (Å²) >= 11 is 0. The number of H-pyrrole nitrogens is 1. The van der Waals surface area contributed by atoms with Gasteiger partial charge >= 0.3 is 0 Å². The van der Waals surface area contributed by atoms with E-state index in [1.165, 1.54) is 24.9 Å². The minimum Gasteiger partial charge on any atom is -0.367 e. The first-order chi connectivity index (χ1) is 11.9. The van der Waals surface area contributed by atoms with Gasteiger partial charge in [0.1, 0.15) is 11.4 Å². The van der Waals surface area contributed by atoms with Crippen LogP contribution in [-0.4, -0.2) is 23.3 Å². The molecule has 0 unspecified atom stereocenters. The number of rotatable bonds is 4. The molecule has 4 rings (SSSR count).